The van der Waals surface area contributed by atoms with Gasteiger partial charge in [-0.2, -0.15) is 0 Å². The first-order valence-corrected chi connectivity index (χ1v) is 9.98. The van der Waals surface area contributed by atoms with Crippen molar-refractivity contribution < 1.29 is 4.79 Å². The maximum atomic E-state index is 12.4. The Bertz CT molecular complexity index is 797. The normalized spacial score (nSPS) is 20.7. The Morgan fingerprint density at radius 1 is 1.19 bits per heavy atom. The lowest BCUT2D eigenvalue weighted by Crippen LogP contribution is -2.42. The molecule has 1 aromatic carbocycles. The van der Waals surface area contributed by atoms with Gasteiger partial charge in [-0.25, -0.2) is 9.97 Å². The van der Waals surface area contributed by atoms with Crippen molar-refractivity contribution in [1.29, 1.82) is 0 Å². The molecular formula is C22H28N4O. The number of piperidine rings is 1. The van der Waals surface area contributed by atoms with Gasteiger partial charge in [0.2, 0.25) is 11.9 Å². The van der Waals surface area contributed by atoms with Crippen LogP contribution in [-0.2, 0) is 10.2 Å². The highest BCUT2D eigenvalue weighted by molar-refractivity contribution is 5.77. The summed E-state index contributed by atoms with van der Waals surface area (Å²) in [6, 6.07) is 10.8. The molecule has 4 rings (SSSR count). The molecule has 1 fully saturated rings. The van der Waals surface area contributed by atoms with E-state index in [4.69, 9.17) is 0 Å². The highest BCUT2D eigenvalue weighted by Gasteiger charge is 2.45. The van der Waals surface area contributed by atoms with E-state index in [1.807, 2.05) is 19.9 Å². The lowest BCUT2D eigenvalue weighted by atomic mass is 9.73. The van der Waals surface area contributed by atoms with Crippen LogP contribution in [0.1, 0.15) is 56.6 Å². The maximum absolute atomic E-state index is 12.4. The standard InChI is InChI=1S/C22H28N4O/c1-16(2)25-20(27)14-17-15-22(19-7-4-3-6-18(17)19)8-12-26(13-9-22)21-23-10-5-11-24-21/h3-7,10-11,16-17H,8-9,12-15H2,1-2H3,(H,25,27). The molecule has 1 N–H and O–H groups in total. The first-order chi connectivity index (χ1) is 13.1. The van der Waals surface area contributed by atoms with Gasteiger partial charge in [-0.1, -0.05) is 24.3 Å². The molecule has 1 aliphatic carbocycles. The van der Waals surface area contributed by atoms with Crippen molar-refractivity contribution in [1.82, 2.24) is 15.3 Å². The first-order valence-electron chi connectivity index (χ1n) is 9.98. The van der Waals surface area contributed by atoms with Crippen LogP contribution in [0, 0.1) is 0 Å². The summed E-state index contributed by atoms with van der Waals surface area (Å²) in [5, 5.41) is 3.06. The fraction of sp³-hybridized carbons (Fsp3) is 0.500. The van der Waals surface area contributed by atoms with Gasteiger partial charge in [0.25, 0.3) is 0 Å². The summed E-state index contributed by atoms with van der Waals surface area (Å²) in [6.07, 6.45) is 7.45. The van der Waals surface area contributed by atoms with Gasteiger partial charge in [0.1, 0.15) is 0 Å². The van der Waals surface area contributed by atoms with Crippen LogP contribution < -0.4 is 10.2 Å². The van der Waals surface area contributed by atoms with Crippen molar-refractivity contribution in [3.8, 4) is 0 Å². The van der Waals surface area contributed by atoms with Crippen LogP contribution in [0.2, 0.25) is 0 Å². The quantitative estimate of drug-likeness (QED) is 0.903. The van der Waals surface area contributed by atoms with Crippen molar-refractivity contribution in [3.05, 3.63) is 53.9 Å². The van der Waals surface area contributed by atoms with Crippen LogP contribution in [0.15, 0.2) is 42.7 Å². The van der Waals surface area contributed by atoms with Crippen molar-refractivity contribution in [3.63, 3.8) is 0 Å². The monoisotopic (exact) mass is 364 g/mol. The van der Waals surface area contributed by atoms with Gasteiger partial charge in [-0.3, -0.25) is 4.79 Å². The molecule has 1 aliphatic heterocycles. The van der Waals surface area contributed by atoms with E-state index in [1.54, 1.807) is 12.4 Å². The molecule has 2 aromatic rings. The van der Waals surface area contributed by atoms with E-state index in [0.29, 0.717) is 12.3 Å². The van der Waals surface area contributed by atoms with E-state index in [-0.39, 0.29) is 17.4 Å². The zero-order chi connectivity index (χ0) is 18.9. The summed E-state index contributed by atoms with van der Waals surface area (Å²) in [5.41, 5.74) is 3.02. The molecule has 0 bridgehead atoms. The van der Waals surface area contributed by atoms with Gasteiger partial charge in [-0.15, -0.1) is 0 Å². The Kier molecular flexibility index (Phi) is 4.85. The molecule has 5 heteroatoms. The predicted molar refractivity (Wildman–Crippen MR) is 107 cm³/mol. The number of carbonyl (C=O) groups excluding carboxylic acids is 1. The number of carbonyl (C=O) groups is 1. The van der Waals surface area contributed by atoms with Crippen LogP contribution in [0.25, 0.3) is 0 Å². The Labute approximate surface area is 161 Å². The number of nitrogens with zero attached hydrogens (tertiary/aromatic N) is 3. The fourth-order valence-electron chi connectivity index (χ4n) is 4.88. The Morgan fingerprint density at radius 2 is 1.89 bits per heavy atom. The molecule has 0 radical (unpaired) electrons. The second kappa shape index (κ2) is 7.29. The van der Waals surface area contributed by atoms with Gasteiger partial charge in [0.05, 0.1) is 0 Å². The van der Waals surface area contributed by atoms with Gasteiger partial charge in [0, 0.05) is 37.9 Å². The van der Waals surface area contributed by atoms with Gasteiger partial charge in [0.15, 0.2) is 0 Å². The highest BCUT2D eigenvalue weighted by Crippen LogP contribution is 2.52. The number of fused-ring (bicyclic) bond motifs is 2. The summed E-state index contributed by atoms with van der Waals surface area (Å²) < 4.78 is 0. The van der Waals surface area contributed by atoms with Crippen LogP contribution in [0.4, 0.5) is 5.95 Å². The Morgan fingerprint density at radius 3 is 2.59 bits per heavy atom. The van der Waals surface area contributed by atoms with E-state index in [2.05, 4.69) is 44.5 Å². The molecule has 1 saturated heterocycles. The number of nitrogens with one attached hydrogen (secondary N) is 1. The van der Waals surface area contributed by atoms with Crippen molar-refractivity contribution >= 4 is 11.9 Å². The summed E-state index contributed by atoms with van der Waals surface area (Å²) in [6.45, 7) is 5.96. The molecule has 2 aliphatic rings. The summed E-state index contributed by atoms with van der Waals surface area (Å²) in [4.78, 5) is 23.5. The molecule has 0 saturated carbocycles. The minimum atomic E-state index is 0.164. The van der Waals surface area contributed by atoms with Gasteiger partial charge < -0.3 is 10.2 Å². The average molecular weight is 364 g/mol. The number of rotatable bonds is 4. The minimum absolute atomic E-state index is 0.164. The second-order valence-electron chi connectivity index (χ2n) is 8.23. The molecule has 1 spiro atoms. The highest BCUT2D eigenvalue weighted by atomic mass is 16.1. The van der Waals surface area contributed by atoms with Crippen LogP contribution in [0.5, 0.6) is 0 Å². The van der Waals surface area contributed by atoms with Crippen molar-refractivity contribution in [2.45, 2.75) is 56.9 Å². The molecule has 1 aromatic heterocycles. The molecule has 1 unspecified atom stereocenters. The molecular weight excluding hydrogens is 336 g/mol. The van der Waals surface area contributed by atoms with E-state index in [1.165, 1.54) is 11.1 Å². The number of hydrogen-bond donors (Lipinski definition) is 1. The number of aromatic nitrogens is 2. The van der Waals surface area contributed by atoms with E-state index in [0.717, 1.165) is 38.3 Å². The number of anilines is 1. The van der Waals surface area contributed by atoms with E-state index >= 15 is 0 Å². The lowest BCUT2D eigenvalue weighted by Gasteiger charge is -2.40. The zero-order valence-electron chi connectivity index (χ0n) is 16.2. The number of amides is 1. The summed E-state index contributed by atoms with van der Waals surface area (Å²) in [5.74, 6) is 1.31. The lowest BCUT2D eigenvalue weighted by molar-refractivity contribution is -0.122. The Hall–Kier alpha value is -2.43. The minimum Gasteiger partial charge on any atom is -0.354 e. The largest absolute Gasteiger partial charge is 0.354 e. The summed E-state index contributed by atoms with van der Waals surface area (Å²) >= 11 is 0. The third-order valence-corrected chi connectivity index (χ3v) is 6.05. The Balaban J connectivity index is 1.52. The number of hydrogen-bond acceptors (Lipinski definition) is 4. The SMILES string of the molecule is CC(C)NC(=O)CC1CC2(CCN(c3ncccn3)CC2)c2ccccc21. The molecule has 142 valence electrons. The second-order valence-corrected chi connectivity index (χ2v) is 8.23. The van der Waals surface area contributed by atoms with Crippen LogP contribution >= 0.6 is 0 Å². The molecule has 1 amide bonds. The van der Waals surface area contributed by atoms with Gasteiger partial charge in [-0.05, 0) is 61.6 Å². The zero-order valence-corrected chi connectivity index (χ0v) is 16.2. The third-order valence-electron chi connectivity index (χ3n) is 6.05. The molecule has 27 heavy (non-hydrogen) atoms. The summed E-state index contributed by atoms with van der Waals surface area (Å²) in [7, 11) is 0. The topological polar surface area (TPSA) is 58.1 Å². The third kappa shape index (κ3) is 3.55. The first kappa shape index (κ1) is 18.0. The average Bonchev–Trinajstić information content (AvgIpc) is 2.96. The predicted octanol–water partition coefficient (Wildman–Crippen LogP) is 3.42. The van der Waals surface area contributed by atoms with Crippen molar-refractivity contribution in [2.75, 3.05) is 18.0 Å². The van der Waals surface area contributed by atoms with E-state index < -0.39 is 0 Å². The van der Waals surface area contributed by atoms with E-state index in [9.17, 15) is 4.79 Å². The smallest absolute Gasteiger partial charge is 0.225 e. The molecule has 1 atom stereocenters. The van der Waals surface area contributed by atoms with Crippen LogP contribution in [0.3, 0.4) is 0 Å². The molecule has 5 nitrogen and oxygen atoms in total. The van der Waals surface area contributed by atoms with Crippen molar-refractivity contribution in [2.24, 2.45) is 0 Å². The maximum Gasteiger partial charge on any atom is 0.225 e. The fourth-order valence-corrected chi connectivity index (χ4v) is 4.88. The van der Waals surface area contributed by atoms with Gasteiger partial charge >= 0.3 is 0 Å². The molecule has 2 heterocycles. The number of benzene rings is 1. The van der Waals surface area contributed by atoms with Crippen LogP contribution in [-0.4, -0.2) is 35.0 Å².